The topological polar surface area (TPSA) is 0 Å². The van der Waals surface area contributed by atoms with Gasteiger partial charge in [-0.15, -0.1) is 6.58 Å². The molecule has 0 aromatic rings. The minimum Gasteiger partial charge on any atom is -0.103 e. The van der Waals surface area contributed by atoms with Gasteiger partial charge in [-0.05, 0) is 37.0 Å². The first kappa shape index (κ1) is 8.34. The Hall–Kier alpha value is -0.260. The second-order valence-corrected chi connectivity index (χ2v) is 4.61. The summed E-state index contributed by atoms with van der Waals surface area (Å²) in [6.07, 6.45) is 12.6. The lowest BCUT2D eigenvalue weighted by Gasteiger charge is -2.38. The van der Waals surface area contributed by atoms with Crippen LogP contribution in [0.1, 0.15) is 44.9 Å². The van der Waals surface area contributed by atoms with E-state index in [0.717, 1.165) is 17.8 Å². The molecule has 2 fully saturated rings. The van der Waals surface area contributed by atoms with Crippen molar-refractivity contribution >= 4 is 0 Å². The van der Waals surface area contributed by atoms with Gasteiger partial charge < -0.3 is 0 Å². The largest absolute Gasteiger partial charge is 0.103 e. The first-order chi connectivity index (χ1) is 5.90. The zero-order valence-corrected chi connectivity index (χ0v) is 7.97. The Morgan fingerprint density at radius 2 is 1.67 bits per heavy atom. The zero-order chi connectivity index (χ0) is 8.39. The van der Waals surface area contributed by atoms with Gasteiger partial charge in [0, 0.05) is 0 Å². The molecule has 0 spiro atoms. The van der Waals surface area contributed by atoms with E-state index in [2.05, 4.69) is 12.7 Å². The fourth-order valence-corrected chi connectivity index (χ4v) is 3.12. The lowest BCUT2D eigenvalue weighted by molar-refractivity contribution is 0.147. The smallest absolute Gasteiger partial charge is 0.0233 e. The van der Waals surface area contributed by atoms with E-state index in [0.29, 0.717) is 0 Å². The number of fused-ring (bicyclic) bond motifs is 1. The Labute approximate surface area is 76.1 Å². The Kier molecular flexibility index (Phi) is 2.53. The third-order valence-corrected chi connectivity index (χ3v) is 3.91. The van der Waals surface area contributed by atoms with Crippen molar-refractivity contribution in [2.75, 3.05) is 0 Å². The fraction of sp³-hybridized carbons (Fsp3) is 0.833. The first-order valence-corrected chi connectivity index (χ1v) is 5.52. The molecule has 0 radical (unpaired) electrons. The highest BCUT2D eigenvalue weighted by Crippen LogP contribution is 2.42. The monoisotopic (exact) mass is 164 g/mol. The number of hydrogen-bond donors (Lipinski definition) is 0. The van der Waals surface area contributed by atoms with Gasteiger partial charge >= 0.3 is 0 Å². The van der Waals surface area contributed by atoms with Crippen molar-refractivity contribution in [3.8, 4) is 0 Å². The Morgan fingerprint density at radius 1 is 0.917 bits per heavy atom. The van der Waals surface area contributed by atoms with Crippen molar-refractivity contribution in [3.05, 3.63) is 12.7 Å². The van der Waals surface area contributed by atoms with Gasteiger partial charge in [-0.2, -0.15) is 0 Å². The maximum atomic E-state index is 3.92. The molecule has 68 valence electrons. The number of allylic oxidation sites excluding steroid dienone is 1. The predicted molar refractivity (Wildman–Crippen MR) is 53.0 cm³/mol. The molecule has 0 heteroatoms. The van der Waals surface area contributed by atoms with E-state index in [1.807, 2.05) is 0 Å². The summed E-state index contributed by atoms with van der Waals surface area (Å²) in [5.41, 5.74) is 0. The van der Waals surface area contributed by atoms with Crippen LogP contribution in [-0.2, 0) is 0 Å². The molecule has 0 N–H and O–H groups in total. The van der Waals surface area contributed by atoms with E-state index < -0.39 is 0 Å². The van der Waals surface area contributed by atoms with Crippen LogP contribution in [0, 0.1) is 17.8 Å². The van der Waals surface area contributed by atoms with Crippen LogP contribution in [0.15, 0.2) is 12.7 Å². The standard InChI is InChI=1S/C12H20/c1-2-10-7-8-11-5-3-4-6-12(11)9-10/h2,10-12H,1,3-9H2/t10-,11+,12?/m1/s1. The summed E-state index contributed by atoms with van der Waals surface area (Å²) < 4.78 is 0. The van der Waals surface area contributed by atoms with Gasteiger partial charge in [-0.3, -0.25) is 0 Å². The van der Waals surface area contributed by atoms with Crippen LogP contribution in [0.4, 0.5) is 0 Å². The fourth-order valence-electron chi connectivity index (χ4n) is 3.12. The molecule has 0 heterocycles. The summed E-state index contributed by atoms with van der Waals surface area (Å²) in [7, 11) is 0. The van der Waals surface area contributed by atoms with E-state index in [-0.39, 0.29) is 0 Å². The molecule has 0 aromatic carbocycles. The van der Waals surface area contributed by atoms with Crippen molar-refractivity contribution < 1.29 is 0 Å². The normalized spacial score (nSPS) is 41.8. The van der Waals surface area contributed by atoms with E-state index in [1.165, 1.54) is 44.9 Å². The highest BCUT2D eigenvalue weighted by atomic mass is 14.4. The van der Waals surface area contributed by atoms with Crippen LogP contribution in [-0.4, -0.2) is 0 Å². The molecule has 0 amide bonds. The minimum absolute atomic E-state index is 0.851. The van der Waals surface area contributed by atoms with Crippen molar-refractivity contribution in [3.63, 3.8) is 0 Å². The van der Waals surface area contributed by atoms with Gasteiger partial charge in [-0.25, -0.2) is 0 Å². The Balaban J connectivity index is 1.93. The quantitative estimate of drug-likeness (QED) is 0.517. The predicted octanol–water partition coefficient (Wildman–Crippen LogP) is 3.78. The van der Waals surface area contributed by atoms with E-state index >= 15 is 0 Å². The second kappa shape index (κ2) is 3.64. The molecule has 2 saturated carbocycles. The third-order valence-electron chi connectivity index (χ3n) is 3.91. The lowest BCUT2D eigenvalue weighted by atomic mass is 9.67. The minimum atomic E-state index is 0.851. The summed E-state index contributed by atoms with van der Waals surface area (Å²) in [4.78, 5) is 0. The molecular weight excluding hydrogens is 144 g/mol. The van der Waals surface area contributed by atoms with Crippen LogP contribution in [0.25, 0.3) is 0 Å². The molecule has 0 aromatic heterocycles. The summed E-state index contributed by atoms with van der Waals surface area (Å²) in [6.45, 7) is 3.92. The Bertz CT molecular complexity index is 159. The molecule has 2 aliphatic carbocycles. The first-order valence-electron chi connectivity index (χ1n) is 5.52. The van der Waals surface area contributed by atoms with Crippen LogP contribution in [0.2, 0.25) is 0 Å². The van der Waals surface area contributed by atoms with E-state index in [9.17, 15) is 0 Å². The van der Waals surface area contributed by atoms with Crippen LogP contribution in [0.3, 0.4) is 0 Å². The average Bonchev–Trinajstić information content (AvgIpc) is 2.17. The van der Waals surface area contributed by atoms with Crippen LogP contribution >= 0.6 is 0 Å². The average molecular weight is 164 g/mol. The highest BCUT2D eigenvalue weighted by molar-refractivity contribution is 4.89. The second-order valence-electron chi connectivity index (χ2n) is 4.61. The van der Waals surface area contributed by atoms with E-state index in [1.54, 1.807) is 0 Å². The molecule has 3 atom stereocenters. The molecule has 2 aliphatic rings. The molecule has 0 bridgehead atoms. The molecule has 1 unspecified atom stereocenters. The molecule has 0 nitrogen and oxygen atoms in total. The summed E-state index contributed by atoms with van der Waals surface area (Å²) in [6, 6.07) is 0. The van der Waals surface area contributed by atoms with Crippen LogP contribution < -0.4 is 0 Å². The summed E-state index contributed by atoms with van der Waals surface area (Å²) in [5, 5.41) is 0. The maximum absolute atomic E-state index is 3.92. The van der Waals surface area contributed by atoms with Crippen LogP contribution in [0.5, 0.6) is 0 Å². The number of rotatable bonds is 1. The molecule has 12 heavy (non-hydrogen) atoms. The van der Waals surface area contributed by atoms with Gasteiger partial charge in [0.05, 0.1) is 0 Å². The highest BCUT2D eigenvalue weighted by Gasteiger charge is 2.30. The van der Waals surface area contributed by atoms with E-state index in [4.69, 9.17) is 0 Å². The van der Waals surface area contributed by atoms with Crippen molar-refractivity contribution in [2.24, 2.45) is 17.8 Å². The van der Waals surface area contributed by atoms with Gasteiger partial charge in [0.2, 0.25) is 0 Å². The van der Waals surface area contributed by atoms with Gasteiger partial charge in [0.1, 0.15) is 0 Å². The SMILES string of the molecule is C=C[C@@H]1CC[C@@H]2CCCCC2C1. The molecular formula is C12H20. The summed E-state index contributed by atoms with van der Waals surface area (Å²) >= 11 is 0. The zero-order valence-electron chi connectivity index (χ0n) is 7.97. The molecule has 2 rings (SSSR count). The van der Waals surface area contributed by atoms with Gasteiger partial charge in [-0.1, -0.05) is 31.8 Å². The maximum Gasteiger partial charge on any atom is -0.0233 e. The van der Waals surface area contributed by atoms with Gasteiger partial charge in [0.25, 0.3) is 0 Å². The summed E-state index contributed by atoms with van der Waals surface area (Å²) in [5.74, 6) is 3.01. The van der Waals surface area contributed by atoms with Crippen molar-refractivity contribution in [1.29, 1.82) is 0 Å². The lowest BCUT2D eigenvalue weighted by Crippen LogP contribution is -2.26. The Morgan fingerprint density at radius 3 is 2.42 bits per heavy atom. The van der Waals surface area contributed by atoms with Crippen molar-refractivity contribution in [1.82, 2.24) is 0 Å². The molecule has 0 saturated heterocycles. The van der Waals surface area contributed by atoms with Crippen molar-refractivity contribution in [2.45, 2.75) is 44.9 Å². The number of hydrogen-bond acceptors (Lipinski definition) is 0. The van der Waals surface area contributed by atoms with Gasteiger partial charge in [0.15, 0.2) is 0 Å². The third kappa shape index (κ3) is 1.57. The molecule has 0 aliphatic heterocycles.